The van der Waals surface area contributed by atoms with Crippen molar-refractivity contribution in [3.63, 3.8) is 0 Å². The Morgan fingerprint density at radius 3 is 1.70 bits per heavy atom. The van der Waals surface area contributed by atoms with Gasteiger partial charge in [0.2, 0.25) is 5.95 Å². The van der Waals surface area contributed by atoms with Crippen molar-refractivity contribution >= 4 is 106 Å². The summed E-state index contributed by atoms with van der Waals surface area (Å²) in [5, 5.41) is 12.3. The second kappa shape index (κ2) is 11.0. The van der Waals surface area contributed by atoms with Crippen molar-refractivity contribution in [2.45, 2.75) is 0 Å². The Morgan fingerprint density at radius 2 is 0.943 bits per heavy atom. The second-order valence-electron chi connectivity index (χ2n) is 13.5. The Balaban J connectivity index is 1.25. The van der Waals surface area contributed by atoms with Gasteiger partial charge in [0.15, 0.2) is 11.6 Å². The summed E-state index contributed by atoms with van der Waals surface area (Å²) >= 11 is 3.67. The van der Waals surface area contributed by atoms with E-state index >= 15 is 0 Å². The summed E-state index contributed by atoms with van der Waals surface area (Å²) in [4.78, 5) is 16.1. The van der Waals surface area contributed by atoms with E-state index in [4.69, 9.17) is 15.0 Å². The molecular weight excluding hydrogens is 685 g/mol. The number of nitrogens with zero attached hydrogens (tertiary/aromatic N) is 4. The summed E-state index contributed by atoms with van der Waals surface area (Å²) in [5.41, 5.74) is 4.14. The molecule has 0 aliphatic heterocycles. The van der Waals surface area contributed by atoms with Gasteiger partial charge in [-0.3, -0.25) is 4.57 Å². The highest BCUT2D eigenvalue weighted by molar-refractivity contribution is 7.27. The number of fused-ring (bicyclic) bond motifs is 15. The van der Waals surface area contributed by atoms with Crippen LogP contribution in [0.2, 0.25) is 0 Å². The maximum absolute atomic E-state index is 5.47. The van der Waals surface area contributed by atoms with Gasteiger partial charge in [-0.25, -0.2) is 4.98 Å². The highest BCUT2D eigenvalue weighted by Crippen LogP contribution is 2.48. The molecule has 0 aliphatic carbocycles. The van der Waals surface area contributed by atoms with Gasteiger partial charge >= 0.3 is 0 Å². The van der Waals surface area contributed by atoms with Crippen molar-refractivity contribution in [2.75, 3.05) is 0 Å². The van der Waals surface area contributed by atoms with Crippen LogP contribution in [-0.2, 0) is 0 Å². The van der Waals surface area contributed by atoms with Gasteiger partial charge in [0, 0.05) is 57.5 Å². The average Bonchev–Trinajstić information content (AvgIpc) is 3.91. The third kappa shape index (κ3) is 4.13. The standard InChI is InChI=1S/C47H26N4S2/c1-2-14-27(15-3-1)45-48-46(35-26-39-40(29-17-5-4-16-28(29)35)33-21-9-12-24-37(33)52-39)50-47(49-45)51-36-23-11-8-20-32(36)41-30-18-6-7-19-31(30)42-34-22-10-13-25-38(34)53-44(42)43(41)51/h1-26H. The van der Waals surface area contributed by atoms with E-state index in [1.54, 1.807) is 0 Å². The highest BCUT2D eigenvalue weighted by atomic mass is 32.1. The van der Waals surface area contributed by atoms with Crippen LogP contribution in [-0.4, -0.2) is 19.5 Å². The van der Waals surface area contributed by atoms with Crippen LogP contribution in [0.25, 0.3) is 112 Å². The molecule has 0 unspecified atom stereocenters. The third-order valence-electron chi connectivity index (χ3n) is 10.6. The summed E-state index contributed by atoms with van der Waals surface area (Å²) in [6.07, 6.45) is 0. The van der Waals surface area contributed by atoms with Crippen molar-refractivity contribution in [3.05, 3.63) is 158 Å². The van der Waals surface area contributed by atoms with Crippen LogP contribution >= 0.6 is 22.7 Å². The Morgan fingerprint density at radius 1 is 0.396 bits per heavy atom. The van der Waals surface area contributed by atoms with Crippen LogP contribution in [0.1, 0.15) is 0 Å². The van der Waals surface area contributed by atoms with Crippen molar-refractivity contribution in [1.82, 2.24) is 19.5 Å². The van der Waals surface area contributed by atoms with E-state index in [-0.39, 0.29) is 0 Å². The lowest BCUT2D eigenvalue weighted by Crippen LogP contribution is -2.06. The topological polar surface area (TPSA) is 43.6 Å². The molecular formula is C47H26N4S2. The molecule has 0 amide bonds. The van der Waals surface area contributed by atoms with Crippen molar-refractivity contribution in [2.24, 2.45) is 0 Å². The fourth-order valence-electron chi connectivity index (χ4n) is 8.41. The van der Waals surface area contributed by atoms with Gasteiger partial charge in [0.25, 0.3) is 0 Å². The normalized spacial score (nSPS) is 12.2. The fourth-order valence-corrected chi connectivity index (χ4v) is 10.8. The van der Waals surface area contributed by atoms with E-state index in [1.807, 2.05) is 40.9 Å². The van der Waals surface area contributed by atoms with E-state index in [0.29, 0.717) is 17.6 Å². The number of para-hydroxylation sites is 1. The molecule has 12 aromatic rings. The van der Waals surface area contributed by atoms with Gasteiger partial charge in [-0.15, -0.1) is 22.7 Å². The fraction of sp³-hybridized carbons (Fsp3) is 0. The Kier molecular flexibility index (Phi) is 6.06. The molecule has 8 aromatic carbocycles. The van der Waals surface area contributed by atoms with Crippen LogP contribution in [0, 0.1) is 0 Å². The number of thiophene rings is 2. The molecule has 12 rings (SSSR count). The molecule has 53 heavy (non-hydrogen) atoms. The zero-order valence-corrected chi connectivity index (χ0v) is 29.7. The van der Waals surface area contributed by atoms with E-state index in [0.717, 1.165) is 27.5 Å². The molecule has 0 bridgehead atoms. The first-order valence-electron chi connectivity index (χ1n) is 17.7. The number of benzene rings is 8. The number of aromatic nitrogens is 4. The first kappa shape index (κ1) is 29.1. The molecule has 0 spiro atoms. The van der Waals surface area contributed by atoms with E-state index in [1.165, 1.54) is 67.3 Å². The second-order valence-corrected chi connectivity index (χ2v) is 15.6. The Hall–Kier alpha value is -6.47. The molecule has 4 heterocycles. The number of hydrogen-bond acceptors (Lipinski definition) is 5. The zero-order valence-electron chi connectivity index (χ0n) is 28.1. The van der Waals surface area contributed by atoms with E-state index < -0.39 is 0 Å². The number of hydrogen-bond donors (Lipinski definition) is 0. The number of rotatable bonds is 3. The van der Waals surface area contributed by atoms with Crippen molar-refractivity contribution in [1.29, 1.82) is 0 Å². The molecule has 0 saturated heterocycles. The molecule has 4 nitrogen and oxygen atoms in total. The lowest BCUT2D eigenvalue weighted by molar-refractivity contribution is 0.956. The smallest absolute Gasteiger partial charge is 0.238 e. The van der Waals surface area contributed by atoms with Crippen molar-refractivity contribution in [3.8, 4) is 28.7 Å². The molecule has 0 N–H and O–H groups in total. The highest BCUT2D eigenvalue weighted by Gasteiger charge is 2.24. The first-order chi connectivity index (χ1) is 26.3. The molecule has 0 fully saturated rings. The SMILES string of the molecule is c1ccc(-c2nc(-c3cc4sc5ccccc5c4c4ccccc34)nc(-n3c4ccccc4c4c5ccccc5c5c6ccccc6sc5c43)n2)cc1. The van der Waals surface area contributed by atoms with Crippen LogP contribution in [0.4, 0.5) is 0 Å². The molecule has 0 atom stereocenters. The molecule has 4 aromatic heterocycles. The van der Waals surface area contributed by atoms with Gasteiger partial charge in [0.1, 0.15) is 0 Å². The minimum Gasteiger partial charge on any atom is -0.276 e. The predicted octanol–water partition coefficient (Wildman–Crippen LogP) is 13.3. The monoisotopic (exact) mass is 710 g/mol. The van der Waals surface area contributed by atoms with Gasteiger partial charge in [-0.1, -0.05) is 133 Å². The van der Waals surface area contributed by atoms with Gasteiger partial charge in [0.05, 0.1) is 15.7 Å². The maximum Gasteiger partial charge on any atom is 0.238 e. The summed E-state index contributed by atoms with van der Waals surface area (Å²) in [6, 6.07) is 56.3. The lowest BCUT2D eigenvalue weighted by Gasteiger charge is -2.13. The lowest BCUT2D eigenvalue weighted by atomic mass is 9.99. The maximum atomic E-state index is 5.47. The molecule has 6 heteroatoms. The zero-order chi connectivity index (χ0) is 34.6. The van der Waals surface area contributed by atoms with E-state index in [2.05, 4.69) is 144 Å². The summed E-state index contributed by atoms with van der Waals surface area (Å²) in [7, 11) is 0. The van der Waals surface area contributed by atoms with Gasteiger partial charge < -0.3 is 0 Å². The third-order valence-corrected chi connectivity index (χ3v) is 12.9. The summed E-state index contributed by atoms with van der Waals surface area (Å²) in [5.74, 6) is 1.91. The van der Waals surface area contributed by atoms with E-state index in [9.17, 15) is 0 Å². The quantitative estimate of drug-likeness (QED) is 0.183. The van der Waals surface area contributed by atoms with Crippen LogP contribution < -0.4 is 0 Å². The minimum absolute atomic E-state index is 0.606. The van der Waals surface area contributed by atoms with Gasteiger partial charge in [-0.05, 0) is 45.8 Å². The predicted molar refractivity (Wildman–Crippen MR) is 226 cm³/mol. The first-order valence-corrected chi connectivity index (χ1v) is 19.3. The largest absolute Gasteiger partial charge is 0.276 e. The average molecular weight is 711 g/mol. The van der Waals surface area contributed by atoms with Gasteiger partial charge in [-0.2, -0.15) is 9.97 Å². The van der Waals surface area contributed by atoms with Crippen LogP contribution in [0.5, 0.6) is 0 Å². The van der Waals surface area contributed by atoms with Crippen LogP contribution in [0.3, 0.4) is 0 Å². The molecule has 246 valence electrons. The molecule has 0 aliphatic rings. The Bertz CT molecular complexity index is 3460. The molecule has 0 saturated carbocycles. The van der Waals surface area contributed by atoms with Crippen molar-refractivity contribution < 1.29 is 0 Å². The Labute approximate surface area is 310 Å². The van der Waals surface area contributed by atoms with Crippen LogP contribution in [0.15, 0.2) is 158 Å². The minimum atomic E-state index is 0.606. The summed E-state index contributed by atoms with van der Waals surface area (Å²) in [6.45, 7) is 0. The summed E-state index contributed by atoms with van der Waals surface area (Å²) < 4.78 is 7.29. The molecule has 0 radical (unpaired) electrons.